The van der Waals surface area contributed by atoms with Crippen LogP contribution >= 0.6 is 0 Å². The van der Waals surface area contributed by atoms with Gasteiger partial charge in [0.05, 0.1) is 26.0 Å². The van der Waals surface area contributed by atoms with Gasteiger partial charge in [-0.05, 0) is 31.9 Å². The Kier molecular flexibility index (Phi) is 6.55. The quantitative estimate of drug-likeness (QED) is 0.664. The van der Waals surface area contributed by atoms with Gasteiger partial charge >= 0.3 is 0 Å². The van der Waals surface area contributed by atoms with E-state index >= 15 is 0 Å². The van der Waals surface area contributed by atoms with E-state index in [1.165, 1.54) is 31.4 Å². The number of benzene rings is 1. The van der Waals surface area contributed by atoms with Crippen LogP contribution in [-0.4, -0.2) is 55.8 Å². The third-order valence-electron chi connectivity index (χ3n) is 4.00. The first-order chi connectivity index (χ1) is 10.0. The highest BCUT2D eigenvalue weighted by atomic mass is 32.2. The summed E-state index contributed by atoms with van der Waals surface area (Å²) >= 11 is 0. The van der Waals surface area contributed by atoms with E-state index in [0.717, 1.165) is 16.5 Å². The molecule has 1 N–H and O–H groups in total. The zero-order valence-corrected chi connectivity index (χ0v) is 14.6. The molecule has 0 heterocycles. The van der Waals surface area contributed by atoms with Crippen molar-refractivity contribution in [3.8, 4) is 0 Å². The topological polar surface area (TPSA) is 77.4 Å². The van der Waals surface area contributed by atoms with Gasteiger partial charge in [-0.1, -0.05) is 24.1 Å². The van der Waals surface area contributed by atoms with Gasteiger partial charge in [-0.2, -0.15) is 0 Å². The molecule has 0 aliphatic heterocycles. The van der Waals surface area contributed by atoms with E-state index in [1.54, 1.807) is 12.1 Å². The Bertz CT molecular complexity index is 561. The van der Waals surface area contributed by atoms with Crippen LogP contribution in [0, 0.1) is 6.92 Å². The summed E-state index contributed by atoms with van der Waals surface area (Å²) in [6.45, 7) is 1.82. The molecule has 1 aromatic carbocycles. The summed E-state index contributed by atoms with van der Waals surface area (Å²) in [6, 6.07) is 6.24. The molecular weight excluding hydrogens is 302 g/mol. The minimum Gasteiger partial charge on any atom is -0.744 e. The summed E-state index contributed by atoms with van der Waals surface area (Å²) in [5.41, 5.74) is 0.928. The van der Waals surface area contributed by atoms with Crippen molar-refractivity contribution in [3.05, 3.63) is 29.8 Å². The molecule has 1 aromatic rings. The highest BCUT2D eigenvalue weighted by molar-refractivity contribution is 7.85. The van der Waals surface area contributed by atoms with Crippen molar-refractivity contribution in [1.82, 2.24) is 0 Å². The summed E-state index contributed by atoms with van der Waals surface area (Å²) in [4.78, 5) is -0.178. The Balaban J connectivity index is 0.000000220. The van der Waals surface area contributed by atoms with Crippen LogP contribution in [0.3, 0.4) is 0 Å². The number of aliphatic hydroxyl groups excluding tert-OH is 1. The lowest BCUT2D eigenvalue weighted by molar-refractivity contribution is -0.901. The van der Waals surface area contributed by atoms with E-state index in [1.807, 2.05) is 6.92 Å². The van der Waals surface area contributed by atoms with Crippen molar-refractivity contribution >= 4 is 10.1 Å². The predicted octanol–water partition coefficient (Wildman–Crippen LogP) is 1.90. The molecule has 1 saturated carbocycles. The van der Waals surface area contributed by atoms with Gasteiger partial charge in [-0.3, -0.25) is 0 Å². The van der Waals surface area contributed by atoms with Crippen molar-refractivity contribution < 1.29 is 22.6 Å². The summed E-state index contributed by atoms with van der Waals surface area (Å²) in [5.74, 6) is 0. The Morgan fingerprint density at radius 1 is 1.09 bits per heavy atom. The SMILES string of the molecule is C[N+](C)(C)[C@@H]1CCCC[C@H]1O.Cc1ccc(S(=O)(=O)[O-])cc1. The molecule has 0 amide bonds. The van der Waals surface area contributed by atoms with Crippen molar-refractivity contribution in [2.45, 2.75) is 49.6 Å². The van der Waals surface area contributed by atoms with E-state index in [0.29, 0.717) is 6.04 Å². The van der Waals surface area contributed by atoms with Crippen molar-refractivity contribution in [2.75, 3.05) is 21.1 Å². The fourth-order valence-electron chi connectivity index (χ4n) is 2.70. The summed E-state index contributed by atoms with van der Waals surface area (Å²) in [7, 11) is 2.23. The van der Waals surface area contributed by atoms with Crippen LogP contribution in [0.25, 0.3) is 0 Å². The molecular formula is C16H27NO4S. The molecule has 0 saturated heterocycles. The number of nitrogens with zero attached hydrogens (tertiary/aromatic N) is 1. The first-order valence-electron chi connectivity index (χ1n) is 7.53. The van der Waals surface area contributed by atoms with Gasteiger partial charge in [-0.15, -0.1) is 0 Å². The fourth-order valence-corrected chi connectivity index (χ4v) is 3.17. The number of rotatable bonds is 2. The monoisotopic (exact) mass is 329 g/mol. The molecule has 6 heteroatoms. The fraction of sp³-hybridized carbons (Fsp3) is 0.625. The summed E-state index contributed by atoms with van der Waals surface area (Å²) in [6.07, 6.45) is 4.61. The zero-order valence-electron chi connectivity index (χ0n) is 13.8. The van der Waals surface area contributed by atoms with Crippen LogP contribution in [0.2, 0.25) is 0 Å². The molecule has 1 fully saturated rings. The van der Waals surface area contributed by atoms with Gasteiger partial charge in [0.1, 0.15) is 22.3 Å². The Morgan fingerprint density at radius 3 is 1.95 bits per heavy atom. The second kappa shape index (κ2) is 7.55. The molecule has 1 aliphatic rings. The summed E-state index contributed by atoms with van der Waals surface area (Å²) in [5, 5.41) is 9.69. The van der Waals surface area contributed by atoms with Crippen LogP contribution in [0.4, 0.5) is 0 Å². The Morgan fingerprint density at radius 2 is 1.59 bits per heavy atom. The minimum absolute atomic E-state index is 0.0660. The third kappa shape index (κ3) is 6.04. The third-order valence-corrected chi connectivity index (χ3v) is 4.85. The average Bonchev–Trinajstić information content (AvgIpc) is 2.38. The van der Waals surface area contributed by atoms with Gasteiger partial charge in [0, 0.05) is 6.42 Å². The molecule has 0 spiro atoms. The standard InChI is InChI=1S/C9H20NO.C7H8O3S/c1-10(2,3)8-6-4-5-7-9(8)11;1-6-2-4-7(5-3-6)11(8,9)10/h8-9,11H,4-7H2,1-3H3;2-5H,1H3,(H,8,9,10)/q+1;/p-1/t8-,9-;/m1./s1. The maximum atomic E-state index is 10.4. The first-order valence-corrected chi connectivity index (χ1v) is 8.94. The maximum Gasteiger partial charge on any atom is 0.124 e. The number of aliphatic hydroxyl groups is 1. The lowest BCUT2D eigenvalue weighted by Crippen LogP contribution is -2.52. The van der Waals surface area contributed by atoms with Crippen LogP contribution in [0.15, 0.2) is 29.2 Å². The van der Waals surface area contributed by atoms with Crippen LogP contribution < -0.4 is 0 Å². The van der Waals surface area contributed by atoms with E-state index in [-0.39, 0.29) is 11.0 Å². The Labute approximate surface area is 133 Å². The molecule has 5 nitrogen and oxygen atoms in total. The number of hydrogen-bond donors (Lipinski definition) is 1. The van der Waals surface area contributed by atoms with Crippen LogP contribution in [-0.2, 0) is 10.1 Å². The highest BCUT2D eigenvalue weighted by Gasteiger charge is 2.33. The zero-order chi connectivity index (χ0) is 17.0. The van der Waals surface area contributed by atoms with Crippen LogP contribution in [0.5, 0.6) is 0 Å². The number of hydrogen-bond acceptors (Lipinski definition) is 4. The molecule has 0 aromatic heterocycles. The van der Waals surface area contributed by atoms with Crippen LogP contribution in [0.1, 0.15) is 31.2 Å². The maximum absolute atomic E-state index is 10.4. The predicted molar refractivity (Wildman–Crippen MR) is 85.4 cm³/mol. The van der Waals surface area contributed by atoms with Crippen molar-refractivity contribution in [2.24, 2.45) is 0 Å². The first kappa shape index (κ1) is 19.1. The smallest absolute Gasteiger partial charge is 0.124 e. The molecule has 2 rings (SSSR count). The molecule has 0 unspecified atom stereocenters. The Hall–Kier alpha value is -0.950. The molecule has 0 bridgehead atoms. The van der Waals surface area contributed by atoms with Gasteiger partial charge in [0.25, 0.3) is 0 Å². The number of likely N-dealkylation sites (N-methyl/N-ethyl adjacent to an activating group) is 1. The van der Waals surface area contributed by atoms with Crippen molar-refractivity contribution in [3.63, 3.8) is 0 Å². The van der Waals surface area contributed by atoms with Gasteiger partial charge < -0.3 is 14.1 Å². The second-order valence-electron chi connectivity index (χ2n) is 6.80. The van der Waals surface area contributed by atoms with Gasteiger partial charge in [0.15, 0.2) is 0 Å². The normalized spacial score (nSPS) is 22.6. The van der Waals surface area contributed by atoms with E-state index in [4.69, 9.17) is 0 Å². The lowest BCUT2D eigenvalue weighted by Gasteiger charge is -2.39. The second-order valence-corrected chi connectivity index (χ2v) is 8.18. The van der Waals surface area contributed by atoms with Gasteiger partial charge in [-0.25, -0.2) is 8.42 Å². The largest absolute Gasteiger partial charge is 0.744 e. The lowest BCUT2D eigenvalue weighted by atomic mass is 9.91. The number of quaternary nitrogens is 1. The molecule has 22 heavy (non-hydrogen) atoms. The van der Waals surface area contributed by atoms with Crippen molar-refractivity contribution in [1.29, 1.82) is 0 Å². The average molecular weight is 329 g/mol. The molecule has 1 aliphatic carbocycles. The number of aryl methyl sites for hydroxylation is 1. The van der Waals surface area contributed by atoms with E-state index in [2.05, 4.69) is 21.1 Å². The molecule has 0 radical (unpaired) electrons. The highest BCUT2D eigenvalue weighted by Crippen LogP contribution is 2.24. The molecule has 126 valence electrons. The van der Waals surface area contributed by atoms with Gasteiger partial charge in [0.2, 0.25) is 0 Å². The van der Waals surface area contributed by atoms with E-state index in [9.17, 15) is 18.1 Å². The molecule has 2 atom stereocenters. The van der Waals surface area contributed by atoms with E-state index < -0.39 is 10.1 Å². The summed E-state index contributed by atoms with van der Waals surface area (Å²) < 4.78 is 32.1. The minimum atomic E-state index is -4.27.